The highest BCUT2D eigenvalue weighted by Crippen LogP contribution is 2.26. The molecule has 118 valence electrons. The van der Waals surface area contributed by atoms with E-state index in [1.54, 1.807) is 36.4 Å². The van der Waals surface area contributed by atoms with Gasteiger partial charge in [0.2, 0.25) is 0 Å². The van der Waals surface area contributed by atoms with Crippen LogP contribution in [0.5, 0.6) is 0 Å². The summed E-state index contributed by atoms with van der Waals surface area (Å²) in [6.45, 7) is 4.11. The van der Waals surface area contributed by atoms with E-state index in [4.69, 9.17) is 0 Å². The minimum absolute atomic E-state index is 0.208. The lowest BCUT2D eigenvalue weighted by atomic mass is 10.0. The molecule has 0 unspecified atom stereocenters. The van der Waals surface area contributed by atoms with E-state index in [1.165, 1.54) is 10.2 Å². The van der Waals surface area contributed by atoms with Crippen LogP contribution < -0.4 is 0 Å². The Morgan fingerprint density at radius 1 is 1.00 bits per heavy atom. The summed E-state index contributed by atoms with van der Waals surface area (Å²) in [5.41, 5.74) is 1.94. The SMILES string of the molecule is CC(C)c1ccc(S(=O)(=O)n2cc(C=O)c3ccccc32)cc1. The smallest absolute Gasteiger partial charge is 0.268 e. The number of para-hydroxylation sites is 1. The minimum atomic E-state index is -3.74. The fraction of sp³-hybridized carbons (Fsp3) is 0.167. The largest absolute Gasteiger partial charge is 0.298 e. The first-order valence-electron chi connectivity index (χ1n) is 7.36. The maximum atomic E-state index is 12.9. The van der Waals surface area contributed by atoms with Gasteiger partial charge in [0.05, 0.1) is 10.4 Å². The normalized spacial score (nSPS) is 12.0. The van der Waals surface area contributed by atoms with Crippen molar-refractivity contribution in [3.8, 4) is 0 Å². The predicted octanol–water partition coefficient (Wildman–Crippen LogP) is 3.81. The molecule has 0 saturated carbocycles. The number of carbonyl (C=O) groups is 1. The standard InChI is InChI=1S/C18H17NO3S/c1-13(2)14-7-9-16(10-8-14)23(21,22)19-11-15(12-20)17-5-3-4-6-18(17)19/h3-13H,1-2H3. The molecule has 1 heterocycles. The highest BCUT2D eigenvalue weighted by molar-refractivity contribution is 7.90. The van der Waals surface area contributed by atoms with Crippen LogP contribution in [0.25, 0.3) is 10.9 Å². The molecular weight excluding hydrogens is 310 g/mol. The summed E-state index contributed by atoms with van der Waals surface area (Å²) in [6.07, 6.45) is 2.06. The van der Waals surface area contributed by atoms with Crippen LogP contribution in [0.3, 0.4) is 0 Å². The van der Waals surface area contributed by atoms with E-state index in [9.17, 15) is 13.2 Å². The molecule has 0 fully saturated rings. The van der Waals surface area contributed by atoms with Crippen LogP contribution in [0.4, 0.5) is 0 Å². The van der Waals surface area contributed by atoms with Gasteiger partial charge in [-0.1, -0.05) is 44.2 Å². The van der Waals surface area contributed by atoms with E-state index >= 15 is 0 Å². The molecule has 0 aliphatic carbocycles. The molecule has 1 aromatic heterocycles. The van der Waals surface area contributed by atoms with Crippen molar-refractivity contribution in [1.29, 1.82) is 0 Å². The molecule has 23 heavy (non-hydrogen) atoms. The molecule has 0 bridgehead atoms. The fourth-order valence-electron chi connectivity index (χ4n) is 2.61. The van der Waals surface area contributed by atoms with Gasteiger partial charge in [-0.3, -0.25) is 4.79 Å². The quantitative estimate of drug-likeness (QED) is 0.685. The molecule has 0 atom stereocenters. The molecule has 4 nitrogen and oxygen atoms in total. The van der Waals surface area contributed by atoms with Crippen molar-refractivity contribution in [1.82, 2.24) is 3.97 Å². The Balaban J connectivity index is 2.18. The van der Waals surface area contributed by atoms with Crippen molar-refractivity contribution in [3.63, 3.8) is 0 Å². The van der Waals surface area contributed by atoms with E-state index < -0.39 is 10.0 Å². The molecule has 2 aromatic carbocycles. The van der Waals surface area contributed by atoms with E-state index in [1.807, 2.05) is 12.1 Å². The third kappa shape index (κ3) is 2.57. The molecule has 0 amide bonds. The van der Waals surface area contributed by atoms with Gasteiger partial charge in [-0.15, -0.1) is 0 Å². The fourth-order valence-corrected chi connectivity index (χ4v) is 3.98. The Labute approximate surface area is 135 Å². The minimum Gasteiger partial charge on any atom is -0.298 e. The number of benzene rings is 2. The molecule has 0 spiro atoms. The molecule has 0 N–H and O–H groups in total. The predicted molar refractivity (Wildman–Crippen MR) is 90.4 cm³/mol. The van der Waals surface area contributed by atoms with Crippen molar-refractivity contribution in [2.75, 3.05) is 0 Å². The van der Waals surface area contributed by atoms with Gasteiger partial charge < -0.3 is 0 Å². The van der Waals surface area contributed by atoms with E-state index in [-0.39, 0.29) is 4.90 Å². The zero-order valence-corrected chi connectivity index (χ0v) is 13.7. The summed E-state index contributed by atoms with van der Waals surface area (Å²) >= 11 is 0. The molecule has 3 rings (SSSR count). The first-order chi connectivity index (χ1) is 10.9. The van der Waals surface area contributed by atoms with Gasteiger partial charge in [0.1, 0.15) is 0 Å². The maximum absolute atomic E-state index is 12.9. The van der Waals surface area contributed by atoms with Crippen LogP contribution in [0, 0.1) is 0 Å². The van der Waals surface area contributed by atoms with Crippen LogP contribution in [0.1, 0.15) is 35.7 Å². The van der Waals surface area contributed by atoms with Gasteiger partial charge >= 0.3 is 0 Å². The summed E-state index contributed by atoms with van der Waals surface area (Å²) in [5.74, 6) is 0.334. The van der Waals surface area contributed by atoms with Crippen molar-refractivity contribution in [2.45, 2.75) is 24.7 Å². The summed E-state index contributed by atoms with van der Waals surface area (Å²) in [7, 11) is -3.74. The van der Waals surface area contributed by atoms with Crippen molar-refractivity contribution >= 4 is 27.2 Å². The van der Waals surface area contributed by atoms with Gasteiger partial charge in [-0.05, 0) is 29.7 Å². The number of hydrogen-bond donors (Lipinski definition) is 0. The van der Waals surface area contributed by atoms with Gasteiger partial charge in [0.25, 0.3) is 10.0 Å². The number of nitrogens with zero attached hydrogens (tertiary/aromatic N) is 1. The zero-order valence-electron chi connectivity index (χ0n) is 12.9. The molecule has 0 radical (unpaired) electrons. The van der Waals surface area contributed by atoms with E-state index in [0.29, 0.717) is 28.7 Å². The average Bonchev–Trinajstić information content (AvgIpc) is 2.94. The van der Waals surface area contributed by atoms with Crippen molar-refractivity contribution in [2.24, 2.45) is 0 Å². The van der Waals surface area contributed by atoms with Gasteiger partial charge in [0.15, 0.2) is 6.29 Å². The van der Waals surface area contributed by atoms with Crippen LogP contribution in [0.15, 0.2) is 59.6 Å². The average molecular weight is 327 g/mol. The zero-order chi connectivity index (χ0) is 16.6. The van der Waals surface area contributed by atoms with Gasteiger partial charge in [-0.2, -0.15) is 0 Å². The number of aromatic nitrogens is 1. The van der Waals surface area contributed by atoms with Crippen LogP contribution >= 0.6 is 0 Å². The molecule has 0 aliphatic heterocycles. The molecule has 0 aliphatic rings. The Morgan fingerprint density at radius 3 is 2.26 bits per heavy atom. The Kier molecular flexibility index (Phi) is 3.82. The summed E-state index contributed by atoms with van der Waals surface area (Å²) < 4.78 is 27.0. The topological polar surface area (TPSA) is 56.1 Å². The Hall–Kier alpha value is -2.40. The first-order valence-corrected chi connectivity index (χ1v) is 8.80. The van der Waals surface area contributed by atoms with Gasteiger partial charge in [-0.25, -0.2) is 12.4 Å². The number of aldehydes is 1. The lowest BCUT2D eigenvalue weighted by Crippen LogP contribution is -2.12. The van der Waals surface area contributed by atoms with E-state index in [0.717, 1.165) is 5.56 Å². The third-order valence-corrected chi connectivity index (χ3v) is 5.63. The maximum Gasteiger partial charge on any atom is 0.268 e. The number of hydrogen-bond acceptors (Lipinski definition) is 3. The second-order valence-electron chi connectivity index (χ2n) is 5.74. The van der Waals surface area contributed by atoms with Gasteiger partial charge in [0, 0.05) is 17.1 Å². The lowest BCUT2D eigenvalue weighted by Gasteiger charge is -2.10. The Bertz CT molecular complexity index is 967. The summed E-state index contributed by atoms with van der Waals surface area (Å²) in [6, 6.07) is 13.8. The highest BCUT2D eigenvalue weighted by Gasteiger charge is 2.21. The lowest BCUT2D eigenvalue weighted by molar-refractivity contribution is 0.112. The highest BCUT2D eigenvalue weighted by atomic mass is 32.2. The van der Waals surface area contributed by atoms with Crippen LogP contribution in [-0.4, -0.2) is 18.7 Å². The number of rotatable bonds is 4. The second-order valence-corrected chi connectivity index (χ2v) is 7.56. The first kappa shape index (κ1) is 15.5. The molecule has 5 heteroatoms. The number of fused-ring (bicyclic) bond motifs is 1. The Morgan fingerprint density at radius 2 is 1.65 bits per heavy atom. The monoisotopic (exact) mass is 327 g/mol. The third-order valence-electron chi connectivity index (χ3n) is 3.94. The summed E-state index contributed by atoms with van der Waals surface area (Å²) in [5, 5.41) is 0.630. The second kappa shape index (κ2) is 5.66. The van der Waals surface area contributed by atoms with Crippen LogP contribution in [-0.2, 0) is 10.0 Å². The molecule has 0 saturated heterocycles. The summed E-state index contributed by atoms with van der Waals surface area (Å²) in [4.78, 5) is 11.4. The van der Waals surface area contributed by atoms with Crippen LogP contribution in [0.2, 0.25) is 0 Å². The molecule has 3 aromatic rings. The molecular formula is C18H17NO3S. The van der Waals surface area contributed by atoms with Crippen molar-refractivity contribution in [3.05, 3.63) is 65.9 Å². The van der Waals surface area contributed by atoms with Crippen molar-refractivity contribution < 1.29 is 13.2 Å². The van der Waals surface area contributed by atoms with E-state index in [2.05, 4.69) is 13.8 Å². The number of carbonyl (C=O) groups excluding carboxylic acids is 1.